The van der Waals surface area contributed by atoms with Gasteiger partial charge in [-0.1, -0.05) is 24.4 Å². The second-order valence-electron chi connectivity index (χ2n) is 8.93. The van der Waals surface area contributed by atoms with Crippen LogP contribution < -0.4 is 10.1 Å². The molecular weight excluding hydrogens is 452 g/mol. The Bertz CT molecular complexity index is 902. The van der Waals surface area contributed by atoms with Crippen LogP contribution in [0.4, 0.5) is 5.69 Å². The van der Waals surface area contributed by atoms with Crippen molar-refractivity contribution in [3.63, 3.8) is 0 Å². The average molecular weight is 487 g/mol. The monoisotopic (exact) mass is 486 g/mol. The van der Waals surface area contributed by atoms with Crippen LogP contribution in [0.5, 0.6) is 5.75 Å². The van der Waals surface area contributed by atoms with Gasteiger partial charge in [0, 0.05) is 67.4 Å². The van der Waals surface area contributed by atoms with Crippen LogP contribution in [0, 0.1) is 0 Å². The van der Waals surface area contributed by atoms with Crippen LogP contribution in [0.25, 0.3) is 0 Å². The van der Waals surface area contributed by atoms with E-state index in [2.05, 4.69) is 20.1 Å². The molecule has 0 bridgehead atoms. The van der Waals surface area contributed by atoms with Gasteiger partial charge in [-0.2, -0.15) is 0 Å². The summed E-state index contributed by atoms with van der Waals surface area (Å²) in [7, 11) is 0. The second kappa shape index (κ2) is 12.9. The number of carbonyl (C=O) groups excluding carboxylic acids is 1. The number of halogens is 1. The number of nitrogens with zero attached hydrogens (tertiary/aromatic N) is 3. The van der Waals surface area contributed by atoms with E-state index in [4.69, 9.17) is 21.1 Å². The van der Waals surface area contributed by atoms with Gasteiger partial charge in [0.25, 0.3) is 5.91 Å². The number of pyridine rings is 1. The molecule has 2 fully saturated rings. The molecule has 2 aliphatic rings. The zero-order valence-corrected chi connectivity index (χ0v) is 20.5. The second-order valence-corrected chi connectivity index (χ2v) is 9.37. The molecule has 1 N–H and O–H groups in total. The van der Waals surface area contributed by atoms with Crippen molar-refractivity contribution in [1.29, 1.82) is 0 Å². The summed E-state index contributed by atoms with van der Waals surface area (Å²) in [5.74, 6) is 0.670. The topological polar surface area (TPSA) is 66.9 Å². The zero-order valence-electron chi connectivity index (χ0n) is 19.8. The molecule has 1 saturated carbocycles. The van der Waals surface area contributed by atoms with Crippen molar-refractivity contribution in [2.45, 2.75) is 38.1 Å². The Morgan fingerprint density at radius 1 is 1.18 bits per heavy atom. The molecule has 1 aliphatic carbocycles. The highest BCUT2D eigenvalue weighted by Gasteiger charge is 2.28. The molecule has 0 unspecified atom stereocenters. The van der Waals surface area contributed by atoms with Crippen LogP contribution in [0.2, 0.25) is 5.02 Å². The van der Waals surface area contributed by atoms with E-state index in [1.54, 1.807) is 24.5 Å². The van der Waals surface area contributed by atoms with Gasteiger partial charge in [-0.25, -0.2) is 0 Å². The standard InChI is InChI=1S/C26H35ClN4O3/c27-22-18-21(19-25(20-22)34-15-10-29-23-6-8-28-9-7-23)26(32)31(24-4-1-2-5-24)12-3-11-30-13-16-33-17-14-30/h6-9,18-20,24H,1-5,10-17H2,(H,28,29). The maximum atomic E-state index is 13.6. The van der Waals surface area contributed by atoms with Crippen LogP contribution in [0.15, 0.2) is 42.7 Å². The predicted molar refractivity (Wildman–Crippen MR) is 135 cm³/mol. The lowest BCUT2D eigenvalue weighted by molar-refractivity contribution is 0.0347. The number of carbonyl (C=O) groups is 1. The van der Waals surface area contributed by atoms with E-state index in [1.807, 2.05) is 18.2 Å². The predicted octanol–water partition coefficient (Wildman–Crippen LogP) is 4.33. The van der Waals surface area contributed by atoms with E-state index in [0.29, 0.717) is 35.5 Å². The third kappa shape index (κ3) is 7.32. The number of anilines is 1. The molecule has 2 aromatic rings. The van der Waals surface area contributed by atoms with Gasteiger partial charge in [0.1, 0.15) is 12.4 Å². The molecule has 8 heteroatoms. The minimum Gasteiger partial charge on any atom is -0.492 e. The molecular formula is C26H35ClN4O3. The summed E-state index contributed by atoms with van der Waals surface area (Å²) >= 11 is 6.38. The first-order valence-corrected chi connectivity index (χ1v) is 12.8. The van der Waals surface area contributed by atoms with Crippen molar-refractivity contribution in [2.75, 3.05) is 57.9 Å². The van der Waals surface area contributed by atoms with E-state index in [0.717, 1.165) is 64.3 Å². The Morgan fingerprint density at radius 2 is 1.94 bits per heavy atom. The number of amides is 1. The quantitative estimate of drug-likeness (QED) is 0.477. The fourth-order valence-electron chi connectivity index (χ4n) is 4.72. The molecule has 1 aromatic heterocycles. The maximum absolute atomic E-state index is 13.6. The molecule has 4 rings (SSSR count). The highest BCUT2D eigenvalue weighted by Crippen LogP contribution is 2.28. The number of benzene rings is 1. The van der Waals surface area contributed by atoms with Gasteiger partial charge in [-0.15, -0.1) is 0 Å². The number of ether oxygens (including phenoxy) is 2. The molecule has 1 aromatic carbocycles. The Hall–Kier alpha value is -2.35. The summed E-state index contributed by atoms with van der Waals surface area (Å²) in [6.45, 7) is 6.40. The third-order valence-corrected chi connectivity index (χ3v) is 6.72. The molecule has 0 atom stereocenters. The van der Waals surface area contributed by atoms with Gasteiger partial charge in [0.15, 0.2) is 0 Å². The molecule has 0 radical (unpaired) electrons. The Morgan fingerprint density at radius 3 is 2.71 bits per heavy atom. The van der Waals surface area contributed by atoms with Crippen molar-refractivity contribution >= 4 is 23.2 Å². The van der Waals surface area contributed by atoms with Crippen molar-refractivity contribution in [1.82, 2.24) is 14.8 Å². The minimum absolute atomic E-state index is 0.0520. The molecule has 2 heterocycles. The van der Waals surface area contributed by atoms with Crippen molar-refractivity contribution in [3.05, 3.63) is 53.3 Å². The maximum Gasteiger partial charge on any atom is 0.254 e. The van der Waals surface area contributed by atoms with Gasteiger partial charge in [0.2, 0.25) is 0 Å². The number of aromatic nitrogens is 1. The van der Waals surface area contributed by atoms with Crippen molar-refractivity contribution in [3.8, 4) is 5.75 Å². The Kier molecular flexibility index (Phi) is 9.42. The highest BCUT2D eigenvalue weighted by atomic mass is 35.5. The summed E-state index contributed by atoms with van der Waals surface area (Å²) in [6, 6.07) is 9.48. The number of rotatable bonds is 11. The lowest BCUT2D eigenvalue weighted by atomic mass is 10.1. The number of nitrogens with one attached hydrogen (secondary N) is 1. The van der Waals surface area contributed by atoms with Crippen molar-refractivity contribution in [2.24, 2.45) is 0 Å². The van der Waals surface area contributed by atoms with E-state index in [-0.39, 0.29) is 5.91 Å². The SMILES string of the molecule is O=C(c1cc(Cl)cc(OCCNc2ccncc2)c1)N(CCCN1CCOCC1)C1CCCC1. The van der Waals surface area contributed by atoms with Crippen LogP contribution in [0.3, 0.4) is 0 Å². The van der Waals surface area contributed by atoms with E-state index < -0.39 is 0 Å². The van der Waals surface area contributed by atoms with Crippen molar-refractivity contribution < 1.29 is 14.3 Å². The van der Waals surface area contributed by atoms with E-state index in [9.17, 15) is 4.79 Å². The van der Waals surface area contributed by atoms with E-state index >= 15 is 0 Å². The molecule has 7 nitrogen and oxygen atoms in total. The van der Waals surface area contributed by atoms with Gasteiger partial charge in [-0.3, -0.25) is 14.7 Å². The lowest BCUT2D eigenvalue weighted by Crippen LogP contribution is -2.42. The molecule has 1 amide bonds. The summed E-state index contributed by atoms with van der Waals surface area (Å²) in [5, 5.41) is 3.80. The summed E-state index contributed by atoms with van der Waals surface area (Å²) in [6.07, 6.45) is 8.98. The zero-order chi connectivity index (χ0) is 23.6. The molecule has 0 spiro atoms. The smallest absolute Gasteiger partial charge is 0.254 e. The van der Waals surface area contributed by atoms with E-state index in [1.165, 1.54) is 12.8 Å². The Labute approximate surface area is 207 Å². The summed E-state index contributed by atoms with van der Waals surface area (Å²) < 4.78 is 11.4. The summed E-state index contributed by atoms with van der Waals surface area (Å²) in [4.78, 5) is 22.1. The first-order valence-electron chi connectivity index (χ1n) is 12.4. The fraction of sp³-hybridized carbons (Fsp3) is 0.538. The Balaban J connectivity index is 1.35. The summed E-state index contributed by atoms with van der Waals surface area (Å²) in [5.41, 5.74) is 1.59. The molecule has 184 valence electrons. The van der Waals surface area contributed by atoms with Gasteiger partial charge in [0.05, 0.1) is 13.2 Å². The first-order chi connectivity index (χ1) is 16.7. The molecule has 1 saturated heterocycles. The van der Waals surface area contributed by atoms with Gasteiger partial charge < -0.3 is 19.7 Å². The molecule has 1 aliphatic heterocycles. The fourth-order valence-corrected chi connectivity index (χ4v) is 4.95. The average Bonchev–Trinajstić information content (AvgIpc) is 3.40. The number of hydrogen-bond donors (Lipinski definition) is 1. The van der Waals surface area contributed by atoms with Crippen LogP contribution in [-0.2, 0) is 4.74 Å². The number of hydrogen-bond acceptors (Lipinski definition) is 6. The number of morpholine rings is 1. The van der Waals surface area contributed by atoms with Gasteiger partial charge >= 0.3 is 0 Å². The highest BCUT2D eigenvalue weighted by molar-refractivity contribution is 6.31. The minimum atomic E-state index is 0.0520. The third-order valence-electron chi connectivity index (χ3n) is 6.50. The van der Waals surface area contributed by atoms with Gasteiger partial charge in [-0.05, 0) is 49.6 Å². The lowest BCUT2D eigenvalue weighted by Gasteiger charge is -2.31. The first kappa shape index (κ1) is 24.8. The normalized spacial score (nSPS) is 17.0. The molecule has 34 heavy (non-hydrogen) atoms. The largest absolute Gasteiger partial charge is 0.492 e. The van der Waals surface area contributed by atoms with Crippen LogP contribution in [0.1, 0.15) is 42.5 Å². The van der Waals surface area contributed by atoms with Crippen LogP contribution in [-0.4, -0.2) is 79.3 Å². The van der Waals surface area contributed by atoms with Crippen LogP contribution >= 0.6 is 11.6 Å².